The van der Waals surface area contributed by atoms with E-state index in [1.807, 2.05) is 24.4 Å². The van der Waals surface area contributed by atoms with Gasteiger partial charge < -0.3 is 10.2 Å². The van der Waals surface area contributed by atoms with E-state index in [1.54, 1.807) is 29.9 Å². The second-order valence-electron chi connectivity index (χ2n) is 5.56. The average molecular weight is 331 g/mol. The molecule has 2 aromatic heterocycles. The summed E-state index contributed by atoms with van der Waals surface area (Å²) in [6.07, 6.45) is 5.18. The first-order valence-corrected chi connectivity index (χ1v) is 8.67. The third-order valence-electron chi connectivity index (χ3n) is 4.13. The number of hydrogen-bond acceptors (Lipinski definition) is 6. The van der Waals surface area contributed by atoms with Crippen molar-refractivity contribution in [2.45, 2.75) is 19.5 Å². The van der Waals surface area contributed by atoms with Crippen molar-refractivity contribution in [2.24, 2.45) is 0 Å². The molecule has 23 heavy (non-hydrogen) atoms. The standard InChI is InChI=1S/C16H21N5OS/c1-13(16(22)19-11-14-3-2-10-23-14)20-6-8-21(9-7-20)15-12-17-4-5-18-15/h2-5,10,12-13H,6-9,11H2,1H3,(H,19,22)/t13-/m0/s1. The number of anilines is 1. The molecule has 1 atom stereocenters. The number of nitrogens with one attached hydrogen (secondary N) is 1. The summed E-state index contributed by atoms with van der Waals surface area (Å²) < 4.78 is 0. The molecular formula is C16H21N5OS. The molecule has 0 aliphatic carbocycles. The smallest absolute Gasteiger partial charge is 0.237 e. The van der Waals surface area contributed by atoms with Gasteiger partial charge in [-0.2, -0.15) is 0 Å². The van der Waals surface area contributed by atoms with Crippen LogP contribution < -0.4 is 10.2 Å². The van der Waals surface area contributed by atoms with E-state index >= 15 is 0 Å². The van der Waals surface area contributed by atoms with Gasteiger partial charge >= 0.3 is 0 Å². The number of rotatable bonds is 5. The van der Waals surface area contributed by atoms with Gasteiger partial charge in [-0.3, -0.25) is 14.7 Å². The summed E-state index contributed by atoms with van der Waals surface area (Å²) in [7, 11) is 0. The van der Waals surface area contributed by atoms with E-state index in [-0.39, 0.29) is 11.9 Å². The lowest BCUT2D eigenvalue weighted by Gasteiger charge is -2.37. The van der Waals surface area contributed by atoms with Crippen LogP contribution in [0.2, 0.25) is 0 Å². The number of carbonyl (C=O) groups is 1. The quantitative estimate of drug-likeness (QED) is 0.896. The van der Waals surface area contributed by atoms with Crippen LogP contribution in [0.15, 0.2) is 36.1 Å². The Labute approximate surface area is 140 Å². The minimum absolute atomic E-state index is 0.0892. The number of nitrogens with zero attached hydrogens (tertiary/aromatic N) is 4. The predicted molar refractivity (Wildman–Crippen MR) is 91.4 cm³/mol. The summed E-state index contributed by atoms with van der Waals surface area (Å²) in [5.74, 6) is 0.994. The van der Waals surface area contributed by atoms with Crippen molar-refractivity contribution < 1.29 is 4.79 Å². The molecule has 1 fully saturated rings. The molecule has 1 N–H and O–H groups in total. The Morgan fingerprint density at radius 2 is 2.17 bits per heavy atom. The SMILES string of the molecule is C[C@@H](C(=O)NCc1cccs1)N1CCN(c2cnccn2)CC1. The molecule has 1 aliphatic heterocycles. The van der Waals surface area contributed by atoms with Gasteiger partial charge in [0.25, 0.3) is 0 Å². The van der Waals surface area contributed by atoms with Crippen molar-refractivity contribution in [1.82, 2.24) is 20.2 Å². The summed E-state index contributed by atoms with van der Waals surface area (Å²) in [6.45, 7) is 6.01. The van der Waals surface area contributed by atoms with Gasteiger partial charge in [0.05, 0.1) is 18.8 Å². The van der Waals surface area contributed by atoms with Crippen LogP contribution >= 0.6 is 11.3 Å². The number of amides is 1. The first-order valence-electron chi connectivity index (χ1n) is 7.79. The van der Waals surface area contributed by atoms with Crippen molar-refractivity contribution in [3.05, 3.63) is 41.0 Å². The van der Waals surface area contributed by atoms with Gasteiger partial charge in [0.2, 0.25) is 5.91 Å². The molecule has 1 aliphatic rings. The minimum atomic E-state index is -0.112. The fraction of sp³-hybridized carbons (Fsp3) is 0.438. The molecule has 7 heteroatoms. The van der Waals surface area contributed by atoms with Gasteiger partial charge in [-0.05, 0) is 18.4 Å². The van der Waals surface area contributed by atoms with Gasteiger partial charge in [-0.25, -0.2) is 4.98 Å². The molecule has 0 radical (unpaired) electrons. The van der Waals surface area contributed by atoms with E-state index in [0.717, 1.165) is 32.0 Å². The van der Waals surface area contributed by atoms with Crippen molar-refractivity contribution in [2.75, 3.05) is 31.1 Å². The molecule has 0 saturated carbocycles. The highest BCUT2D eigenvalue weighted by atomic mass is 32.1. The Morgan fingerprint density at radius 3 is 2.83 bits per heavy atom. The van der Waals surface area contributed by atoms with E-state index < -0.39 is 0 Å². The second kappa shape index (κ2) is 7.52. The van der Waals surface area contributed by atoms with Gasteiger partial charge in [0.1, 0.15) is 5.82 Å². The van der Waals surface area contributed by atoms with Crippen LogP contribution in [0.5, 0.6) is 0 Å². The number of aromatic nitrogens is 2. The topological polar surface area (TPSA) is 61.4 Å². The summed E-state index contributed by atoms with van der Waals surface area (Å²) in [4.78, 5) is 26.4. The lowest BCUT2D eigenvalue weighted by Crippen LogP contribution is -2.54. The van der Waals surface area contributed by atoms with E-state index in [4.69, 9.17) is 0 Å². The van der Waals surface area contributed by atoms with Crippen LogP contribution in [-0.4, -0.2) is 53.0 Å². The zero-order valence-corrected chi connectivity index (χ0v) is 14.0. The van der Waals surface area contributed by atoms with Gasteiger partial charge in [-0.1, -0.05) is 6.07 Å². The van der Waals surface area contributed by atoms with E-state index in [1.165, 1.54) is 4.88 Å². The molecule has 3 heterocycles. The van der Waals surface area contributed by atoms with Crippen LogP contribution in [0.4, 0.5) is 5.82 Å². The third-order valence-corrected chi connectivity index (χ3v) is 5.01. The summed E-state index contributed by atoms with van der Waals surface area (Å²) >= 11 is 1.66. The van der Waals surface area contributed by atoms with E-state index in [2.05, 4.69) is 25.1 Å². The maximum atomic E-state index is 12.3. The molecule has 1 saturated heterocycles. The Balaban J connectivity index is 1.47. The van der Waals surface area contributed by atoms with Crippen LogP contribution in [0.25, 0.3) is 0 Å². The second-order valence-corrected chi connectivity index (χ2v) is 6.59. The zero-order chi connectivity index (χ0) is 16.1. The highest BCUT2D eigenvalue weighted by Gasteiger charge is 2.25. The molecule has 0 unspecified atom stereocenters. The number of hydrogen-bond donors (Lipinski definition) is 1. The number of thiophene rings is 1. The van der Waals surface area contributed by atoms with Crippen LogP contribution in [0.3, 0.4) is 0 Å². The number of carbonyl (C=O) groups excluding carboxylic acids is 1. The van der Waals surface area contributed by atoms with Crippen molar-refractivity contribution in [1.29, 1.82) is 0 Å². The van der Waals surface area contributed by atoms with E-state index in [0.29, 0.717) is 6.54 Å². The van der Waals surface area contributed by atoms with Gasteiger partial charge in [0.15, 0.2) is 0 Å². The average Bonchev–Trinajstić information content (AvgIpc) is 3.13. The molecule has 0 spiro atoms. The normalized spacial score (nSPS) is 17.0. The zero-order valence-electron chi connectivity index (χ0n) is 13.2. The maximum Gasteiger partial charge on any atom is 0.237 e. The lowest BCUT2D eigenvalue weighted by molar-refractivity contribution is -0.126. The van der Waals surface area contributed by atoms with Crippen molar-refractivity contribution in [3.63, 3.8) is 0 Å². The highest BCUT2D eigenvalue weighted by Crippen LogP contribution is 2.13. The fourth-order valence-electron chi connectivity index (χ4n) is 2.69. The summed E-state index contributed by atoms with van der Waals surface area (Å²) in [6, 6.07) is 3.93. The molecular weight excluding hydrogens is 310 g/mol. The largest absolute Gasteiger partial charge is 0.353 e. The Kier molecular flexibility index (Phi) is 5.19. The summed E-state index contributed by atoms with van der Waals surface area (Å²) in [5, 5.41) is 5.04. The summed E-state index contributed by atoms with van der Waals surface area (Å²) in [5.41, 5.74) is 0. The molecule has 6 nitrogen and oxygen atoms in total. The Hall–Kier alpha value is -1.99. The number of piperazine rings is 1. The third kappa shape index (κ3) is 4.05. The van der Waals surface area contributed by atoms with Crippen LogP contribution in [0.1, 0.15) is 11.8 Å². The first-order chi connectivity index (χ1) is 11.2. The molecule has 122 valence electrons. The molecule has 0 aromatic carbocycles. The Bertz CT molecular complexity index is 611. The molecule has 2 aromatic rings. The fourth-order valence-corrected chi connectivity index (χ4v) is 3.34. The van der Waals surface area contributed by atoms with Crippen LogP contribution in [0, 0.1) is 0 Å². The molecule has 3 rings (SSSR count). The van der Waals surface area contributed by atoms with Crippen molar-refractivity contribution >= 4 is 23.1 Å². The first kappa shape index (κ1) is 15.9. The highest BCUT2D eigenvalue weighted by molar-refractivity contribution is 7.09. The predicted octanol–water partition coefficient (Wildman–Crippen LogP) is 1.36. The van der Waals surface area contributed by atoms with Crippen molar-refractivity contribution in [3.8, 4) is 0 Å². The molecule has 0 bridgehead atoms. The van der Waals surface area contributed by atoms with Gasteiger partial charge in [-0.15, -0.1) is 11.3 Å². The van der Waals surface area contributed by atoms with Crippen LogP contribution in [-0.2, 0) is 11.3 Å². The van der Waals surface area contributed by atoms with E-state index in [9.17, 15) is 4.79 Å². The minimum Gasteiger partial charge on any atom is -0.353 e. The lowest BCUT2D eigenvalue weighted by atomic mass is 10.2. The Morgan fingerprint density at radius 1 is 1.35 bits per heavy atom. The maximum absolute atomic E-state index is 12.3. The van der Waals surface area contributed by atoms with Gasteiger partial charge in [0, 0.05) is 43.4 Å². The monoisotopic (exact) mass is 331 g/mol. The molecule has 1 amide bonds.